The lowest BCUT2D eigenvalue weighted by Gasteiger charge is -2.06. The summed E-state index contributed by atoms with van der Waals surface area (Å²) in [7, 11) is 0. The van der Waals surface area contributed by atoms with Crippen LogP contribution in [-0.4, -0.2) is 4.98 Å². The summed E-state index contributed by atoms with van der Waals surface area (Å²) in [5.74, 6) is 0.636. The highest BCUT2D eigenvalue weighted by Crippen LogP contribution is 2.21. The van der Waals surface area contributed by atoms with Gasteiger partial charge in [0.25, 0.3) is 0 Å². The van der Waals surface area contributed by atoms with E-state index < -0.39 is 5.95 Å². The lowest BCUT2D eigenvalue weighted by atomic mass is 10.1. The summed E-state index contributed by atoms with van der Waals surface area (Å²) in [5, 5.41) is 0. The number of rotatable bonds is 5. The van der Waals surface area contributed by atoms with Gasteiger partial charge >= 0.3 is 0 Å². The largest absolute Gasteiger partial charge is 0.457 e. The number of hydrogen-bond donors (Lipinski definition) is 0. The van der Waals surface area contributed by atoms with Crippen LogP contribution in [-0.2, 0) is 6.42 Å². The maximum atomic E-state index is 12.9. The van der Waals surface area contributed by atoms with Gasteiger partial charge in [-0.15, -0.1) is 0 Å². The SMILES string of the molecule is CCCCc1ccc(Oc2ccnc(F)c2)cc1. The van der Waals surface area contributed by atoms with Crippen LogP contribution in [0.15, 0.2) is 42.6 Å². The van der Waals surface area contributed by atoms with Crippen LogP contribution in [0.1, 0.15) is 25.3 Å². The molecule has 0 aliphatic heterocycles. The summed E-state index contributed by atoms with van der Waals surface area (Å²) < 4.78 is 18.4. The molecular weight excluding hydrogens is 229 g/mol. The highest BCUT2D eigenvalue weighted by atomic mass is 19.1. The summed E-state index contributed by atoms with van der Waals surface area (Å²) >= 11 is 0. The van der Waals surface area contributed by atoms with Crippen LogP contribution in [0, 0.1) is 5.95 Å². The minimum Gasteiger partial charge on any atom is -0.457 e. The first-order valence-electron chi connectivity index (χ1n) is 6.16. The molecule has 0 spiro atoms. The maximum absolute atomic E-state index is 12.9. The van der Waals surface area contributed by atoms with Crippen LogP contribution in [0.4, 0.5) is 4.39 Å². The predicted molar refractivity (Wildman–Crippen MR) is 69.3 cm³/mol. The Labute approximate surface area is 106 Å². The summed E-state index contributed by atoms with van der Waals surface area (Å²) in [6.07, 6.45) is 4.85. The summed E-state index contributed by atoms with van der Waals surface area (Å²) in [5.41, 5.74) is 1.30. The van der Waals surface area contributed by atoms with Crippen molar-refractivity contribution in [2.24, 2.45) is 0 Å². The summed E-state index contributed by atoms with van der Waals surface area (Å²) in [6, 6.07) is 10.8. The zero-order chi connectivity index (χ0) is 12.8. The number of aromatic nitrogens is 1. The van der Waals surface area contributed by atoms with Crippen LogP contribution in [0.3, 0.4) is 0 Å². The first-order chi connectivity index (χ1) is 8.78. The molecule has 1 aromatic carbocycles. The molecule has 0 aliphatic carbocycles. The summed E-state index contributed by atoms with van der Waals surface area (Å²) in [6.45, 7) is 2.18. The molecule has 1 heterocycles. The van der Waals surface area contributed by atoms with E-state index in [9.17, 15) is 4.39 Å². The second-order valence-corrected chi connectivity index (χ2v) is 4.16. The molecule has 0 amide bonds. The van der Waals surface area contributed by atoms with Gasteiger partial charge in [0.2, 0.25) is 5.95 Å². The van der Waals surface area contributed by atoms with E-state index in [1.807, 2.05) is 24.3 Å². The Bertz CT molecular complexity index is 496. The fourth-order valence-corrected chi connectivity index (χ4v) is 1.69. The minimum atomic E-state index is -0.535. The van der Waals surface area contributed by atoms with Gasteiger partial charge in [-0.3, -0.25) is 0 Å². The van der Waals surface area contributed by atoms with Gasteiger partial charge in [-0.25, -0.2) is 4.98 Å². The van der Waals surface area contributed by atoms with E-state index in [1.165, 1.54) is 30.7 Å². The topological polar surface area (TPSA) is 22.1 Å². The third-order valence-electron chi connectivity index (χ3n) is 2.68. The maximum Gasteiger partial charge on any atom is 0.216 e. The van der Waals surface area contributed by atoms with Crippen LogP contribution in [0.5, 0.6) is 11.5 Å². The quantitative estimate of drug-likeness (QED) is 0.730. The molecule has 0 bridgehead atoms. The first-order valence-corrected chi connectivity index (χ1v) is 6.16. The van der Waals surface area contributed by atoms with Crippen LogP contribution >= 0.6 is 0 Å². The molecule has 3 heteroatoms. The Kier molecular flexibility index (Phi) is 4.29. The van der Waals surface area contributed by atoms with Crippen molar-refractivity contribution >= 4 is 0 Å². The van der Waals surface area contributed by atoms with Gasteiger partial charge in [0.1, 0.15) is 11.5 Å². The fraction of sp³-hybridized carbons (Fsp3) is 0.267. The van der Waals surface area contributed by atoms with Crippen molar-refractivity contribution in [1.82, 2.24) is 4.98 Å². The minimum absolute atomic E-state index is 0.462. The lowest BCUT2D eigenvalue weighted by Crippen LogP contribution is -1.88. The molecule has 1 aromatic heterocycles. The Morgan fingerprint density at radius 3 is 2.56 bits per heavy atom. The van der Waals surface area contributed by atoms with Gasteiger partial charge in [-0.2, -0.15) is 4.39 Å². The van der Waals surface area contributed by atoms with E-state index in [4.69, 9.17) is 4.74 Å². The number of nitrogens with zero attached hydrogens (tertiary/aromatic N) is 1. The smallest absolute Gasteiger partial charge is 0.216 e. The molecule has 18 heavy (non-hydrogen) atoms. The molecule has 0 radical (unpaired) electrons. The second kappa shape index (κ2) is 6.15. The number of benzene rings is 1. The second-order valence-electron chi connectivity index (χ2n) is 4.16. The molecule has 0 fully saturated rings. The van der Waals surface area contributed by atoms with Gasteiger partial charge in [0, 0.05) is 12.3 Å². The average molecular weight is 245 g/mol. The Morgan fingerprint density at radius 1 is 1.11 bits per heavy atom. The number of halogens is 1. The van der Waals surface area contributed by atoms with Crippen LogP contribution in [0.2, 0.25) is 0 Å². The van der Waals surface area contributed by atoms with Crippen molar-refractivity contribution in [3.63, 3.8) is 0 Å². The van der Waals surface area contributed by atoms with Crippen molar-refractivity contribution in [3.05, 3.63) is 54.1 Å². The van der Waals surface area contributed by atoms with Gasteiger partial charge < -0.3 is 4.74 Å². The fourth-order valence-electron chi connectivity index (χ4n) is 1.69. The Morgan fingerprint density at radius 2 is 1.89 bits per heavy atom. The van der Waals surface area contributed by atoms with Crippen molar-refractivity contribution in [2.75, 3.05) is 0 Å². The number of unbranched alkanes of at least 4 members (excludes halogenated alkanes) is 1. The highest BCUT2D eigenvalue weighted by Gasteiger charge is 2.00. The van der Waals surface area contributed by atoms with E-state index in [-0.39, 0.29) is 0 Å². The molecular formula is C15H16FNO. The zero-order valence-corrected chi connectivity index (χ0v) is 10.4. The highest BCUT2D eigenvalue weighted by molar-refractivity contribution is 5.32. The van der Waals surface area contributed by atoms with Gasteiger partial charge in [0.05, 0.1) is 0 Å². The van der Waals surface area contributed by atoms with Gasteiger partial charge in [-0.05, 0) is 36.6 Å². The lowest BCUT2D eigenvalue weighted by molar-refractivity contribution is 0.472. The standard InChI is InChI=1S/C15H16FNO/c1-2-3-4-12-5-7-13(8-6-12)18-14-9-10-17-15(16)11-14/h5-11H,2-4H2,1H3. The van der Waals surface area contributed by atoms with Crippen molar-refractivity contribution in [3.8, 4) is 11.5 Å². The molecule has 2 rings (SSSR count). The third kappa shape index (κ3) is 3.55. The predicted octanol–water partition coefficient (Wildman–Crippen LogP) is 4.36. The molecule has 94 valence electrons. The van der Waals surface area contributed by atoms with Gasteiger partial charge in [0.15, 0.2) is 0 Å². The van der Waals surface area contributed by atoms with Crippen molar-refractivity contribution in [1.29, 1.82) is 0 Å². The zero-order valence-electron chi connectivity index (χ0n) is 10.4. The van der Waals surface area contributed by atoms with E-state index in [1.54, 1.807) is 6.07 Å². The average Bonchev–Trinajstić information content (AvgIpc) is 2.38. The van der Waals surface area contributed by atoms with E-state index in [0.29, 0.717) is 11.5 Å². The monoisotopic (exact) mass is 245 g/mol. The number of hydrogen-bond acceptors (Lipinski definition) is 2. The molecule has 0 unspecified atom stereocenters. The number of pyridine rings is 1. The van der Waals surface area contributed by atoms with Gasteiger partial charge in [-0.1, -0.05) is 25.5 Å². The van der Waals surface area contributed by atoms with Crippen LogP contribution < -0.4 is 4.74 Å². The Hall–Kier alpha value is -1.90. The molecule has 0 saturated heterocycles. The van der Waals surface area contributed by atoms with Crippen molar-refractivity contribution < 1.29 is 9.13 Å². The van der Waals surface area contributed by atoms with Crippen LogP contribution in [0.25, 0.3) is 0 Å². The summed E-state index contributed by atoms with van der Waals surface area (Å²) in [4.78, 5) is 3.48. The molecule has 2 aromatic rings. The number of ether oxygens (including phenoxy) is 1. The van der Waals surface area contributed by atoms with Crippen molar-refractivity contribution in [2.45, 2.75) is 26.2 Å². The molecule has 0 N–H and O–H groups in total. The normalized spacial score (nSPS) is 10.3. The van der Waals surface area contributed by atoms with E-state index in [2.05, 4.69) is 11.9 Å². The van der Waals surface area contributed by atoms with E-state index in [0.717, 1.165) is 6.42 Å². The Balaban J connectivity index is 2.02. The molecule has 0 aliphatic rings. The molecule has 0 atom stereocenters. The first kappa shape index (κ1) is 12.6. The molecule has 0 saturated carbocycles. The number of aryl methyl sites for hydroxylation is 1. The molecule has 2 nitrogen and oxygen atoms in total. The van der Waals surface area contributed by atoms with E-state index >= 15 is 0 Å². The third-order valence-corrected chi connectivity index (χ3v) is 2.68.